The Bertz CT molecular complexity index is 233. The summed E-state index contributed by atoms with van der Waals surface area (Å²) in [5.74, 6) is 0.0905. The number of esters is 1. The van der Waals surface area contributed by atoms with Gasteiger partial charge in [0.15, 0.2) is 0 Å². The minimum atomic E-state index is -0.237. The van der Waals surface area contributed by atoms with Crippen molar-refractivity contribution in [1.82, 2.24) is 5.32 Å². The molecule has 0 saturated carbocycles. The van der Waals surface area contributed by atoms with Crippen LogP contribution < -0.4 is 5.32 Å². The standard InChI is InChI=1S/C10H17NO3S/c1-2-14-9(12)7-15-8-5-3-4-6-11-10(8)13/h8H,2-7H2,1H3,(H,11,13)/t8-/m1/s1. The maximum atomic E-state index is 11.5. The van der Waals surface area contributed by atoms with Crippen molar-refractivity contribution in [3.8, 4) is 0 Å². The Labute approximate surface area is 94.1 Å². The summed E-state index contributed by atoms with van der Waals surface area (Å²) >= 11 is 1.38. The minimum absolute atomic E-state index is 0.0572. The van der Waals surface area contributed by atoms with Crippen LogP contribution in [0.3, 0.4) is 0 Å². The molecule has 0 bridgehead atoms. The van der Waals surface area contributed by atoms with Crippen molar-refractivity contribution in [3.63, 3.8) is 0 Å². The smallest absolute Gasteiger partial charge is 0.315 e. The van der Waals surface area contributed by atoms with Crippen LogP contribution in [0.2, 0.25) is 0 Å². The van der Waals surface area contributed by atoms with Crippen LogP contribution in [0, 0.1) is 0 Å². The molecule has 4 nitrogen and oxygen atoms in total. The molecule has 1 atom stereocenters. The van der Waals surface area contributed by atoms with Gasteiger partial charge in [-0.2, -0.15) is 0 Å². The molecule has 0 aromatic carbocycles. The SMILES string of the molecule is CCOC(=O)CS[C@@H]1CCCCNC1=O. The van der Waals surface area contributed by atoms with Crippen molar-refractivity contribution in [2.24, 2.45) is 0 Å². The van der Waals surface area contributed by atoms with Gasteiger partial charge in [0.05, 0.1) is 17.6 Å². The molecule has 0 spiro atoms. The van der Waals surface area contributed by atoms with Crippen molar-refractivity contribution >= 4 is 23.6 Å². The molecular weight excluding hydrogens is 214 g/mol. The van der Waals surface area contributed by atoms with E-state index in [9.17, 15) is 9.59 Å². The lowest BCUT2D eigenvalue weighted by molar-refractivity contribution is -0.139. The third-order valence-corrected chi connectivity index (χ3v) is 3.45. The molecule has 1 amide bonds. The predicted octanol–water partition coefficient (Wildman–Crippen LogP) is 0.951. The Hall–Kier alpha value is -0.710. The van der Waals surface area contributed by atoms with Gasteiger partial charge in [-0.3, -0.25) is 9.59 Å². The summed E-state index contributed by atoms with van der Waals surface area (Å²) in [5.41, 5.74) is 0. The van der Waals surface area contributed by atoms with Gasteiger partial charge in [-0.05, 0) is 19.8 Å². The Morgan fingerprint density at radius 2 is 2.40 bits per heavy atom. The number of carbonyl (C=O) groups is 2. The van der Waals surface area contributed by atoms with Crippen LogP contribution in [0.4, 0.5) is 0 Å². The topological polar surface area (TPSA) is 55.4 Å². The maximum Gasteiger partial charge on any atom is 0.315 e. The number of amides is 1. The molecule has 1 aliphatic rings. The molecule has 5 heteroatoms. The lowest BCUT2D eigenvalue weighted by Gasteiger charge is -2.11. The minimum Gasteiger partial charge on any atom is -0.465 e. The van der Waals surface area contributed by atoms with E-state index in [1.54, 1.807) is 6.92 Å². The van der Waals surface area contributed by atoms with Gasteiger partial charge in [-0.25, -0.2) is 0 Å². The van der Waals surface area contributed by atoms with Crippen LogP contribution in [0.25, 0.3) is 0 Å². The zero-order chi connectivity index (χ0) is 11.1. The number of rotatable bonds is 4. The summed E-state index contributed by atoms with van der Waals surface area (Å²) in [7, 11) is 0. The van der Waals surface area contributed by atoms with Crippen LogP contribution in [0.15, 0.2) is 0 Å². The van der Waals surface area contributed by atoms with Gasteiger partial charge in [-0.1, -0.05) is 6.42 Å². The molecule has 15 heavy (non-hydrogen) atoms. The van der Waals surface area contributed by atoms with Crippen LogP contribution in [0.1, 0.15) is 26.2 Å². The molecule has 0 aromatic rings. The van der Waals surface area contributed by atoms with E-state index >= 15 is 0 Å². The highest BCUT2D eigenvalue weighted by Gasteiger charge is 2.21. The summed E-state index contributed by atoms with van der Waals surface area (Å²) in [6.07, 6.45) is 2.93. The fourth-order valence-corrected chi connectivity index (χ4v) is 2.43. The Kier molecular flexibility index (Phi) is 5.53. The van der Waals surface area contributed by atoms with Gasteiger partial charge >= 0.3 is 5.97 Å². The van der Waals surface area contributed by atoms with Crippen molar-refractivity contribution in [3.05, 3.63) is 0 Å². The highest BCUT2D eigenvalue weighted by Crippen LogP contribution is 2.19. The van der Waals surface area contributed by atoms with Crippen LogP contribution >= 0.6 is 11.8 Å². The first-order chi connectivity index (χ1) is 7.24. The van der Waals surface area contributed by atoms with E-state index in [1.807, 2.05) is 0 Å². The van der Waals surface area contributed by atoms with Crippen molar-refractivity contribution in [2.75, 3.05) is 18.9 Å². The first kappa shape index (κ1) is 12.4. The monoisotopic (exact) mass is 231 g/mol. The second-order valence-corrected chi connectivity index (χ2v) is 4.58. The molecule has 1 N–H and O–H groups in total. The van der Waals surface area contributed by atoms with Gasteiger partial charge in [0, 0.05) is 6.54 Å². The van der Waals surface area contributed by atoms with E-state index in [1.165, 1.54) is 11.8 Å². The number of ether oxygens (including phenoxy) is 1. The van der Waals surface area contributed by atoms with Crippen molar-refractivity contribution in [1.29, 1.82) is 0 Å². The Morgan fingerprint density at radius 3 is 3.13 bits per heavy atom. The van der Waals surface area contributed by atoms with E-state index in [0.717, 1.165) is 25.8 Å². The second-order valence-electron chi connectivity index (χ2n) is 3.39. The Morgan fingerprint density at radius 1 is 1.60 bits per heavy atom. The van der Waals surface area contributed by atoms with Crippen LogP contribution in [0.5, 0.6) is 0 Å². The quantitative estimate of drug-likeness (QED) is 0.732. The van der Waals surface area contributed by atoms with Crippen LogP contribution in [-0.2, 0) is 14.3 Å². The molecule has 1 rings (SSSR count). The lowest BCUT2D eigenvalue weighted by atomic mass is 10.2. The number of nitrogens with one attached hydrogen (secondary N) is 1. The van der Waals surface area contributed by atoms with E-state index < -0.39 is 0 Å². The van der Waals surface area contributed by atoms with Crippen LogP contribution in [-0.4, -0.2) is 36.0 Å². The summed E-state index contributed by atoms with van der Waals surface area (Å²) in [5, 5.41) is 2.75. The van der Waals surface area contributed by atoms with Gasteiger partial charge in [0.25, 0.3) is 0 Å². The van der Waals surface area contributed by atoms with Gasteiger partial charge < -0.3 is 10.1 Å². The molecule has 1 heterocycles. The summed E-state index contributed by atoms with van der Waals surface area (Å²) in [4.78, 5) is 22.6. The van der Waals surface area contributed by atoms with E-state index in [0.29, 0.717) is 6.61 Å². The maximum absolute atomic E-state index is 11.5. The molecular formula is C10H17NO3S. The van der Waals surface area contributed by atoms with Gasteiger partial charge in [0.2, 0.25) is 5.91 Å². The second kappa shape index (κ2) is 6.71. The van der Waals surface area contributed by atoms with Gasteiger partial charge in [-0.15, -0.1) is 11.8 Å². The highest BCUT2D eigenvalue weighted by atomic mass is 32.2. The summed E-state index contributed by atoms with van der Waals surface area (Å²) in [6.45, 7) is 2.94. The first-order valence-corrected chi connectivity index (χ1v) is 6.34. The predicted molar refractivity (Wildman–Crippen MR) is 59.7 cm³/mol. The summed E-state index contributed by atoms with van der Waals surface area (Å²) < 4.78 is 4.81. The lowest BCUT2D eigenvalue weighted by Crippen LogP contribution is -2.31. The average molecular weight is 231 g/mol. The molecule has 0 aliphatic carbocycles. The number of carbonyl (C=O) groups excluding carboxylic acids is 2. The third-order valence-electron chi connectivity index (χ3n) is 2.19. The fraction of sp³-hybridized carbons (Fsp3) is 0.800. The molecule has 86 valence electrons. The highest BCUT2D eigenvalue weighted by molar-refractivity contribution is 8.01. The molecule has 1 fully saturated rings. The zero-order valence-corrected chi connectivity index (χ0v) is 9.77. The summed E-state index contributed by atoms with van der Waals surface area (Å²) in [6, 6.07) is 0. The Balaban J connectivity index is 2.29. The largest absolute Gasteiger partial charge is 0.465 e. The van der Waals surface area contributed by atoms with E-state index in [4.69, 9.17) is 4.74 Å². The zero-order valence-electron chi connectivity index (χ0n) is 8.95. The van der Waals surface area contributed by atoms with E-state index in [-0.39, 0.29) is 22.9 Å². The fourth-order valence-electron chi connectivity index (χ4n) is 1.44. The normalized spacial score (nSPS) is 21.7. The van der Waals surface area contributed by atoms with Gasteiger partial charge in [0.1, 0.15) is 0 Å². The van der Waals surface area contributed by atoms with Crippen molar-refractivity contribution < 1.29 is 14.3 Å². The molecule has 0 radical (unpaired) electrons. The number of thioether (sulfide) groups is 1. The first-order valence-electron chi connectivity index (χ1n) is 5.29. The third kappa shape index (κ3) is 4.55. The molecule has 1 saturated heterocycles. The molecule has 0 aromatic heterocycles. The molecule has 0 unspecified atom stereocenters. The number of hydrogen-bond donors (Lipinski definition) is 1. The van der Waals surface area contributed by atoms with E-state index in [2.05, 4.69) is 5.32 Å². The van der Waals surface area contributed by atoms with Crippen molar-refractivity contribution in [2.45, 2.75) is 31.4 Å². The molecule has 1 aliphatic heterocycles. The average Bonchev–Trinajstić information content (AvgIpc) is 2.41. The number of hydrogen-bond acceptors (Lipinski definition) is 4.